The van der Waals surface area contributed by atoms with Crippen LogP contribution in [0.15, 0.2) is 128 Å². The molecule has 8 nitrogen and oxygen atoms in total. The van der Waals surface area contributed by atoms with E-state index in [2.05, 4.69) is 50.2 Å². The number of H-pyrrole nitrogens is 2. The van der Waals surface area contributed by atoms with E-state index in [9.17, 15) is 0 Å². The van der Waals surface area contributed by atoms with Crippen LogP contribution in [0.2, 0.25) is 0 Å². The molecule has 0 spiro atoms. The molecule has 8 rings (SSSR count). The van der Waals surface area contributed by atoms with Gasteiger partial charge >= 0.3 is 0 Å². The Labute approximate surface area is 234 Å². The zero-order valence-corrected chi connectivity index (χ0v) is 21.8. The van der Waals surface area contributed by atoms with Crippen LogP contribution in [0, 0.1) is 0 Å². The van der Waals surface area contributed by atoms with Crippen LogP contribution in [0.4, 0.5) is 17.5 Å². The van der Waals surface area contributed by atoms with Crippen LogP contribution in [-0.4, -0.2) is 40.0 Å². The first-order chi connectivity index (χ1) is 20.3. The molecule has 0 unspecified atom stereocenters. The topological polar surface area (TPSA) is 105 Å². The Morgan fingerprint density at radius 3 is 1.88 bits per heavy atom. The van der Waals surface area contributed by atoms with Gasteiger partial charge in [-0.2, -0.15) is 0 Å². The molecule has 8 heteroatoms. The molecule has 2 aromatic heterocycles. The zero-order valence-electron chi connectivity index (χ0n) is 21.8. The Kier molecular flexibility index (Phi) is 5.11. The molecular formula is C33H22N8. The van der Waals surface area contributed by atoms with Crippen LogP contribution < -0.4 is 5.32 Å². The monoisotopic (exact) mass is 530 g/mol. The number of hydrogen-bond donors (Lipinski definition) is 3. The molecule has 0 aliphatic carbocycles. The minimum absolute atomic E-state index is 0.572. The fourth-order valence-electron chi connectivity index (χ4n) is 5.42. The van der Waals surface area contributed by atoms with Crippen molar-refractivity contribution in [1.29, 1.82) is 0 Å². The van der Waals surface area contributed by atoms with E-state index >= 15 is 0 Å². The SMILES string of the molecule is C=NC1=NC(=Nc2[nH]c(N=C3N=C(Nc4[nH]cc5ccccc45)c4ccccc43)c3ccccc23)c2ccccc21. The highest BCUT2D eigenvalue weighted by Crippen LogP contribution is 2.36. The lowest BCUT2D eigenvalue weighted by molar-refractivity contribution is 1.29. The summed E-state index contributed by atoms with van der Waals surface area (Å²) < 4.78 is 0. The molecule has 0 amide bonds. The normalized spacial score (nSPS) is 15.8. The van der Waals surface area contributed by atoms with Gasteiger partial charge in [0.25, 0.3) is 0 Å². The molecule has 4 aromatic carbocycles. The lowest BCUT2D eigenvalue weighted by Crippen LogP contribution is -2.11. The van der Waals surface area contributed by atoms with Gasteiger partial charge < -0.3 is 15.3 Å². The summed E-state index contributed by atoms with van der Waals surface area (Å²) in [7, 11) is 0. The van der Waals surface area contributed by atoms with Gasteiger partial charge in [0, 0.05) is 50.0 Å². The third-order valence-electron chi connectivity index (χ3n) is 7.37. The van der Waals surface area contributed by atoms with Crippen molar-refractivity contribution >= 4 is 69.1 Å². The number of amidine groups is 4. The van der Waals surface area contributed by atoms with Crippen molar-refractivity contribution < 1.29 is 0 Å². The highest BCUT2D eigenvalue weighted by atomic mass is 15.1. The third-order valence-corrected chi connectivity index (χ3v) is 7.37. The predicted molar refractivity (Wildman–Crippen MR) is 168 cm³/mol. The number of aromatic nitrogens is 2. The van der Waals surface area contributed by atoms with Gasteiger partial charge in [0.1, 0.15) is 23.3 Å². The van der Waals surface area contributed by atoms with E-state index in [0.29, 0.717) is 29.1 Å². The van der Waals surface area contributed by atoms with Crippen molar-refractivity contribution in [2.75, 3.05) is 5.32 Å². The molecule has 6 aromatic rings. The molecule has 41 heavy (non-hydrogen) atoms. The molecule has 0 saturated carbocycles. The maximum atomic E-state index is 5.03. The maximum Gasteiger partial charge on any atom is 0.164 e. The summed E-state index contributed by atoms with van der Waals surface area (Å²) in [5.74, 6) is 4.76. The van der Waals surface area contributed by atoms with Gasteiger partial charge in [-0.05, 0) is 6.72 Å². The number of nitrogens with one attached hydrogen (secondary N) is 3. The van der Waals surface area contributed by atoms with Gasteiger partial charge in [0.15, 0.2) is 17.5 Å². The maximum absolute atomic E-state index is 5.03. The Bertz CT molecular complexity index is 2150. The van der Waals surface area contributed by atoms with Gasteiger partial charge in [0.05, 0.1) is 0 Å². The second-order valence-corrected chi connectivity index (χ2v) is 9.76. The molecule has 0 bridgehead atoms. The number of aliphatic imine (C=N–C) groups is 5. The summed E-state index contributed by atoms with van der Waals surface area (Å²) in [5.41, 5.74) is 3.78. The average Bonchev–Trinajstić information content (AvgIpc) is 3.78. The first-order valence-corrected chi connectivity index (χ1v) is 13.2. The van der Waals surface area contributed by atoms with Crippen molar-refractivity contribution in [3.05, 3.63) is 126 Å². The number of rotatable bonds is 3. The van der Waals surface area contributed by atoms with Crippen LogP contribution >= 0.6 is 0 Å². The molecule has 2 aliphatic rings. The molecule has 194 valence electrons. The summed E-state index contributed by atoms with van der Waals surface area (Å²) in [6, 6.07) is 32.3. The van der Waals surface area contributed by atoms with Crippen LogP contribution in [0.3, 0.4) is 0 Å². The second-order valence-electron chi connectivity index (χ2n) is 9.76. The average molecular weight is 531 g/mol. The van der Waals surface area contributed by atoms with Crippen LogP contribution in [0.5, 0.6) is 0 Å². The molecule has 0 saturated heterocycles. The Morgan fingerprint density at radius 2 is 1.17 bits per heavy atom. The molecule has 3 N–H and O–H groups in total. The van der Waals surface area contributed by atoms with Crippen molar-refractivity contribution in [3.63, 3.8) is 0 Å². The van der Waals surface area contributed by atoms with Crippen LogP contribution in [-0.2, 0) is 0 Å². The number of fused-ring (bicyclic) bond motifs is 4. The first-order valence-electron chi connectivity index (χ1n) is 13.2. The summed E-state index contributed by atoms with van der Waals surface area (Å²) in [6.45, 7) is 3.68. The van der Waals surface area contributed by atoms with E-state index < -0.39 is 0 Å². The summed E-state index contributed by atoms with van der Waals surface area (Å²) >= 11 is 0. The highest BCUT2D eigenvalue weighted by molar-refractivity contribution is 6.28. The number of benzene rings is 4. The van der Waals surface area contributed by atoms with Gasteiger partial charge in [-0.3, -0.25) is 0 Å². The highest BCUT2D eigenvalue weighted by Gasteiger charge is 2.24. The lowest BCUT2D eigenvalue weighted by atomic mass is 10.1. The molecular weight excluding hydrogens is 508 g/mol. The molecule has 0 radical (unpaired) electrons. The molecule has 0 fully saturated rings. The van der Waals surface area contributed by atoms with E-state index in [1.807, 2.05) is 85.1 Å². The van der Waals surface area contributed by atoms with E-state index in [1.54, 1.807) is 0 Å². The predicted octanol–water partition coefficient (Wildman–Crippen LogP) is 7.14. The van der Waals surface area contributed by atoms with Crippen molar-refractivity contribution in [2.45, 2.75) is 0 Å². The Balaban J connectivity index is 1.23. The molecule has 2 aliphatic heterocycles. The fraction of sp³-hybridized carbons (Fsp3) is 0. The first kappa shape index (κ1) is 23.0. The molecule has 0 atom stereocenters. The minimum Gasteiger partial charge on any atom is -0.347 e. The standard InChI is InChI=1S/C33H22N8/c1-34-27-21-12-4-5-13-22(21)29(36-27)38-31-25-16-8-9-17-26(25)33(40-31)41-32-24-15-7-6-14-23(24)30(39-32)37-28-20-11-3-2-10-19(20)18-35-28/h2-18,35,40H,1H2,(H,37,39,41). The smallest absolute Gasteiger partial charge is 0.164 e. The van der Waals surface area contributed by atoms with E-state index in [4.69, 9.17) is 15.0 Å². The van der Waals surface area contributed by atoms with Gasteiger partial charge in [0.2, 0.25) is 0 Å². The second kappa shape index (κ2) is 9.10. The zero-order chi connectivity index (χ0) is 27.3. The van der Waals surface area contributed by atoms with Gasteiger partial charge in [-0.25, -0.2) is 25.0 Å². The Morgan fingerprint density at radius 1 is 0.610 bits per heavy atom. The van der Waals surface area contributed by atoms with Crippen molar-refractivity contribution in [3.8, 4) is 0 Å². The summed E-state index contributed by atoms with van der Waals surface area (Å²) in [5, 5.41) is 7.62. The van der Waals surface area contributed by atoms with Gasteiger partial charge in [-0.1, -0.05) is 97.1 Å². The van der Waals surface area contributed by atoms with Crippen LogP contribution in [0.25, 0.3) is 21.5 Å². The molecule has 4 heterocycles. The van der Waals surface area contributed by atoms with E-state index in [-0.39, 0.29) is 0 Å². The largest absolute Gasteiger partial charge is 0.347 e. The minimum atomic E-state index is 0.572. The van der Waals surface area contributed by atoms with Crippen molar-refractivity contribution in [2.24, 2.45) is 25.0 Å². The number of anilines is 1. The number of nitrogens with zero attached hydrogens (tertiary/aromatic N) is 5. The fourth-order valence-corrected chi connectivity index (χ4v) is 5.42. The Hall–Kier alpha value is -5.89. The third kappa shape index (κ3) is 3.73. The quantitative estimate of drug-likeness (QED) is 0.208. The number of aromatic amines is 2. The van der Waals surface area contributed by atoms with E-state index in [1.165, 1.54) is 0 Å². The van der Waals surface area contributed by atoms with Crippen molar-refractivity contribution in [1.82, 2.24) is 9.97 Å². The van der Waals surface area contributed by atoms with E-state index in [0.717, 1.165) is 55.5 Å². The van der Waals surface area contributed by atoms with Gasteiger partial charge in [-0.15, -0.1) is 0 Å². The summed E-state index contributed by atoms with van der Waals surface area (Å²) in [6.07, 6.45) is 1.99. The van der Waals surface area contributed by atoms with Crippen LogP contribution in [0.1, 0.15) is 22.3 Å². The lowest BCUT2D eigenvalue weighted by Gasteiger charge is -2.05. The number of hydrogen-bond acceptors (Lipinski definition) is 4. The summed E-state index contributed by atoms with van der Waals surface area (Å²) in [4.78, 5) is 30.4.